The zero-order chi connectivity index (χ0) is 7.78. The molecule has 0 radical (unpaired) electrons. The summed E-state index contributed by atoms with van der Waals surface area (Å²) in [6.45, 7) is 0. The molecule has 0 aliphatic heterocycles. The smallest absolute Gasteiger partial charge is 0.239 e. The van der Waals surface area contributed by atoms with Crippen molar-refractivity contribution >= 4 is 0 Å². The molecule has 0 N–H and O–H groups in total. The molecule has 0 fully saturated rings. The van der Waals surface area contributed by atoms with E-state index in [0.717, 1.165) is 12.5 Å². The van der Waals surface area contributed by atoms with Crippen LogP contribution in [0.1, 0.15) is 0 Å². The Morgan fingerprint density at radius 1 is 1.40 bits per heavy atom. The van der Waals surface area contributed by atoms with Gasteiger partial charge >= 0.3 is 6.30 Å². The first-order valence-corrected chi connectivity index (χ1v) is 2.60. The van der Waals surface area contributed by atoms with Crippen LogP contribution in [-0.4, -0.2) is 4.57 Å². The molecule has 0 unspecified atom stereocenters. The zero-order valence-corrected chi connectivity index (χ0v) is 5.26. The van der Waals surface area contributed by atoms with Crippen molar-refractivity contribution < 1.29 is 17.7 Å². The maximum Gasteiger partial charge on any atom is 0.567 e. The molecule has 1 heterocycles. The zero-order valence-electron chi connectivity index (χ0n) is 5.26. The van der Waals surface area contributed by atoms with Crippen LogP contribution in [-0.2, 0) is 13.3 Å². The lowest BCUT2D eigenvalue weighted by Gasteiger charge is -1.97. The van der Waals surface area contributed by atoms with Crippen LogP contribution < -0.4 is 4.57 Å². The van der Waals surface area contributed by atoms with Gasteiger partial charge in [-0.3, -0.25) is 0 Å². The van der Waals surface area contributed by atoms with Crippen molar-refractivity contribution in [3.05, 3.63) is 18.7 Å². The van der Waals surface area contributed by atoms with Gasteiger partial charge in [-0.05, 0) is 0 Å². The molecule has 0 saturated carbocycles. The minimum Gasteiger partial charge on any atom is -0.239 e. The maximum absolute atomic E-state index is 11.8. The molecule has 0 aliphatic carbocycles. The predicted molar refractivity (Wildman–Crippen MR) is 26.9 cm³/mol. The Bertz CT molecular complexity index is 225. The minimum absolute atomic E-state index is 0.188. The molecule has 1 aromatic rings. The molecular weight excluding hydrogens is 145 g/mol. The van der Waals surface area contributed by atoms with E-state index in [9.17, 15) is 13.2 Å². The van der Waals surface area contributed by atoms with Gasteiger partial charge in [0.2, 0.25) is 0 Å². The summed E-state index contributed by atoms with van der Waals surface area (Å²) in [6.07, 6.45) is -1.05. The fourth-order valence-electron chi connectivity index (χ4n) is 0.600. The average Bonchev–Trinajstić information content (AvgIpc) is 2.11. The van der Waals surface area contributed by atoms with E-state index in [1.165, 1.54) is 17.8 Å². The summed E-state index contributed by atoms with van der Waals surface area (Å²) in [4.78, 5) is 0. The lowest BCUT2D eigenvalue weighted by molar-refractivity contribution is -0.672. The molecule has 1 rings (SSSR count). The van der Waals surface area contributed by atoms with Gasteiger partial charge in [0.1, 0.15) is 12.4 Å². The molecule has 0 amide bonds. The van der Waals surface area contributed by atoms with Crippen LogP contribution >= 0.6 is 0 Å². The van der Waals surface area contributed by atoms with Crippen molar-refractivity contribution in [2.75, 3.05) is 0 Å². The van der Waals surface area contributed by atoms with Crippen molar-refractivity contribution in [2.24, 2.45) is 7.05 Å². The monoisotopic (exact) mass is 151 g/mol. The second-order valence-electron chi connectivity index (χ2n) is 1.95. The van der Waals surface area contributed by atoms with Crippen LogP contribution in [0.2, 0.25) is 0 Å². The number of nitrogens with zero attached hydrogens (tertiary/aromatic N) is 2. The van der Waals surface area contributed by atoms with Gasteiger partial charge in [0.25, 0.3) is 6.33 Å². The summed E-state index contributed by atoms with van der Waals surface area (Å²) < 4.78 is 36.8. The van der Waals surface area contributed by atoms with Crippen LogP contribution in [0, 0.1) is 0 Å². The van der Waals surface area contributed by atoms with Gasteiger partial charge < -0.3 is 0 Å². The van der Waals surface area contributed by atoms with E-state index >= 15 is 0 Å². The topological polar surface area (TPSA) is 8.81 Å². The van der Waals surface area contributed by atoms with Gasteiger partial charge in [0.05, 0.1) is 7.05 Å². The fraction of sp³-hybridized carbons (Fsp3) is 0.400. The van der Waals surface area contributed by atoms with Gasteiger partial charge in [0.15, 0.2) is 0 Å². The summed E-state index contributed by atoms with van der Waals surface area (Å²) in [6, 6.07) is 0. The van der Waals surface area contributed by atoms with E-state index in [2.05, 4.69) is 0 Å². The predicted octanol–water partition coefficient (Wildman–Crippen LogP) is 0.789. The standard InChI is InChI=1S/C5H6F3N2/c1-9-2-3-10(4-9)5(6,7)8/h2-4H,1H3/q+1. The Morgan fingerprint density at radius 3 is 2.20 bits per heavy atom. The quantitative estimate of drug-likeness (QED) is 0.485. The SMILES string of the molecule is C[n+]1ccn(C(F)(F)F)c1. The Kier molecular flexibility index (Phi) is 1.42. The van der Waals surface area contributed by atoms with Crippen molar-refractivity contribution in [3.8, 4) is 0 Å². The molecule has 0 saturated heterocycles. The number of aromatic nitrogens is 2. The average molecular weight is 151 g/mol. The van der Waals surface area contributed by atoms with E-state index in [1.54, 1.807) is 0 Å². The molecule has 0 aliphatic rings. The number of aryl methyl sites for hydroxylation is 1. The molecule has 56 valence electrons. The molecule has 0 bridgehead atoms. The van der Waals surface area contributed by atoms with Crippen LogP contribution in [0.25, 0.3) is 0 Å². The summed E-state index contributed by atoms with van der Waals surface area (Å²) in [5.74, 6) is 0. The van der Waals surface area contributed by atoms with E-state index in [0.29, 0.717) is 0 Å². The summed E-state index contributed by atoms with van der Waals surface area (Å²) in [5, 5.41) is 0. The molecule has 0 atom stereocenters. The summed E-state index contributed by atoms with van der Waals surface area (Å²) in [5.41, 5.74) is 0. The van der Waals surface area contributed by atoms with Gasteiger partial charge in [0, 0.05) is 0 Å². The van der Waals surface area contributed by atoms with Crippen molar-refractivity contribution in [2.45, 2.75) is 6.30 Å². The summed E-state index contributed by atoms with van der Waals surface area (Å²) >= 11 is 0. The van der Waals surface area contributed by atoms with Gasteiger partial charge in [-0.1, -0.05) is 0 Å². The number of hydrogen-bond donors (Lipinski definition) is 0. The van der Waals surface area contributed by atoms with Crippen LogP contribution in [0.3, 0.4) is 0 Å². The van der Waals surface area contributed by atoms with Crippen LogP contribution in [0.15, 0.2) is 18.7 Å². The molecule has 0 aromatic carbocycles. The molecular formula is C5H6F3N2+. The minimum atomic E-state index is -4.29. The molecule has 2 nitrogen and oxygen atoms in total. The molecule has 10 heavy (non-hydrogen) atoms. The molecule has 5 heteroatoms. The highest BCUT2D eigenvalue weighted by atomic mass is 19.4. The maximum atomic E-state index is 11.8. The highest BCUT2D eigenvalue weighted by Gasteiger charge is 2.36. The highest BCUT2D eigenvalue weighted by Crippen LogP contribution is 2.19. The fourth-order valence-corrected chi connectivity index (χ4v) is 0.600. The number of hydrogen-bond acceptors (Lipinski definition) is 0. The van der Waals surface area contributed by atoms with E-state index in [1.807, 2.05) is 0 Å². The largest absolute Gasteiger partial charge is 0.567 e. The molecule has 0 spiro atoms. The lowest BCUT2D eigenvalue weighted by Crippen LogP contribution is -2.26. The first-order chi connectivity index (χ1) is 4.50. The van der Waals surface area contributed by atoms with Gasteiger partial charge in [-0.15, -0.1) is 17.7 Å². The van der Waals surface area contributed by atoms with E-state index in [-0.39, 0.29) is 4.57 Å². The van der Waals surface area contributed by atoms with Crippen molar-refractivity contribution in [1.29, 1.82) is 0 Å². The van der Waals surface area contributed by atoms with Gasteiger partial charge in [-0.25, -0.2) is 4.57 Å². The second kappa shape index (κ2) is 2.00. The third-order valence-electron chi connectivity index (χ3n) is 1.06. The third-order valence-corrected chi connectivity index (χ3v) is 1.06. The third kappa shape index (κ3) is 1.29. The Hall–Kier alpha value is -1.00. The number of imidazole rings is 1. The van der Waals surface area contributed by atoms with Crippen molar-refractivity contribution in [3.63, 3.8) is 0 Å². The number of rotatable bonds is 0. The number of halogens is 3. The normalized spacial score (nSPS) is 12.0. The van der Waals surface area contributed by atoms with E-state index in [4.69, 9.17) is 0 Å². The highest BCUT2D eigenvalue weighted by molar-refractivity contribution is 4.68. The number of alkyl halides is 3. The van der Waals surface area contributed by atoms with Crippen LogP contribution in [0.5, 0.6) is 0 Å². The Balaban J connectivity index is 2.96. The molecule has 1 aromatic heterocycles. The van der Waals surface area contributed by atoms with E-state index < -0.39 is 6.30 Å². The first kappa shape index (κ1) is 7.11. The van der Waals surface area contributed by atoms with Gasteiger partial charge in [-0.2, -0.15) is 0 Å². The first-order valence-electron chi connectivity index (χ1n) is 2.60. The lowest BCUT2D eigenvalue weighted by atomic mass is 10.9. The Labute approximate surface area is 55.5 Å². The van der Waals surface area contributed by atoms with Crippen molar-refractivity contribution in [1.82, 2.24) is 4.57 Å². The Morgan fingerprint density at radius 2 is 2.00 bits per heavy atom. The second-order valence-corrected chi connectivity index (χ2v) is 1.95. The van der Waals surface area contributed by atoms with Crippen LogP contribution in [0.4, 0.5) is 13.2 Å². The summed E-state index contributed by atoms with van der Waals surface area (Å²) in [7, 11) is 1.53.